The standard InChI is InChI=1S/Fe.H2O.Si.V/h;1H2;;. The van der Waals surface area contributed by atoms with E-state index in [2.05, 4.69) is 0 Å². The summed E-state index contributed by atoms with van der Waals surface area (Å²) in [4.78, 5) is 0. The molecule has 1 nitrogen and oxygen atoms in total. The van der Waals surface area contributed by atoms with Gasteiger partial charge in [-0.2, -0.15) is 0 Å². The maximum Gasteiger partial charge on any atom is 0 e. The van der Waals surface area contributed by atoms with Crippen molar-refractivity contribution in [2.75, 3.05) is 0 Å². The van der Waals surface area contributed by atoms with Crippen LogP contribution in [0.2, 0.25) is 0 Å². The van der Waals surface area contributed by atoms with E-state index in [9.17, 15) is 0 Å². The summed E-state index contributed by atoms with van der Waals surface area (Å²) in [7, 11) is 0. The van der Waals surface area contributed by atoms with Crippen molar-refractivity contribution in [3.8, 4) is 0 Å². The van der Waals surface area contributed by atoms with E-state index < -0.39 is 0 Å². The van der Waals surface area contributed by atoms with Gasteiger partial charge in [0, 0.05) is 46.6 Å². The van der Waals surface area contributed by atoms with Gasteiger partial charge in [-0.1, -0.05) is 0 Å². The van der Waals surface area contributed by atoms with Crippen LogP contribution in [0.25, 0.3) is 0 Å². The molecule has 0 aliphatic carbocycles. The molecule has 0 saturated carbocycles. The molecule has 0 aromatic carbocycles. The van der Waals surface area contributed by atoms with Gasteiger partial charge in [-0.25, -0.2) is 0 Å². The van der Waals surface area contributed by atoms with Crippen molar-refractivity contribution in [2.45, 2.75) is 0 Å². The van der Waals surface area contributed by atoms with E-state index >= 15 is 0 Å². The molecule has 4 heteroatoms. The third-order valence-corrected chi connectivity index (χ3v) is 0. The zero-order chi connectivity index (χ0) is 0. The van der Waals surface area contributed by atoms with Gasteiger partial charge in [0.2, 0.25) is 0 Å². The molecule has 0 atom stereocenters. The van der Waals surface area contributed by atoms with Crippen molar-refractivity contribution in [2.24, 2.45) is 0 Å². The summed E-state index contributed by atoms with van der Waals surface area (Å²) in [6, 6.07) is 0. The monoisotopic (exact) mass is 153 g/mol. The summed E-state index contributed by atoms with van der Waals surface area (Å²) in [5.74, 6) is 0. The molecule has 0 spiro atoms. The molecule has 2 N–H and O–H groups in total. The Kier molecular flexibility index (Phi) is 414. The van der Waals surface area contributed by atoms with Crippen molar-refractivity contribution in [1.82, 2.24) is 0 Å². The minimum atomic E-state index is 0. The van der Waals surface area contributed by atoms with Gasteiger partial charge in [0.15, 0.2) is 0 Å². The van der Waals surface area contributed by atoms with Gasteiger partial charge in [0.1, 0.15) is 0 Å². The number of hydrogen-bond acceptors (Lipinski definition) is 0. The Hall–Kier alpha value is 1.28. The molecule has 25 valence electrons. The first kappa shape index (κ1) is 59.0. The minimum absolute atomic E-state index is 0. The van der Waals surface area contributed by atoms with Crippen molar-refractivity contribution >= 4 is 11.0 Å². The second-order valence-electron chi connectivity index (χ2n) is 0. The molecule has 0 saturated heterocycles. The Morgan fingerprint density at radius 2 is 1.00 bits per heavy atom. The number of hydrogen-bond donors (Lipinski definition) is 0. The summed E-state index contributed by atoms with van der Waals surface area (Å²) in [5, 5.41) is 0. The molecule has 0 heterocycles. The van der Waals surface area contributed by atoms with Crippen molar-refractivity contribution in [1.29, 1.82) is 0 Å². The summed E-state index contributed by atoms with van der Waals surface area (Å²) >= 11 is 0. The van der Waals surface area contributed by atoms with Gasteiger partial charge < -0.3 is 5.48 Å². The predicted octanol–water partition coefficient (Wildman–Crippen LogP) is -1.21. The first-order chi connectivity index (χ1) is 0. The van der Waals surface area contributed by atoms with E-state index in [0.29, 0.717) is 0 Å². The third kappa shape index (κ3) is 10.4. The molecule has 0 aliphatic heterocycles. The van der Waals surface area contributed by atoms with Crippen LogP contribution in [0.4, 0.5) is 0 Å². The Bertz CT molecular complexity index is 8.00. The van der Waals surface area contributed by atoms with Crippen LogP contribution in [-0.4, -0.2) is 16.4 Å². The fourth-order valence-electron chi connectivity index (χ4n) is 0. The van der Waals surface area contributed by atoms with Gasteiger partial charge in [-0.3, -0.25) is 0 Å². The summed E-state index contributed by atoms with van der Waals surface area (Å²) < 4.78 is 0. The Morgan fingerprint density at radius 1 is 1.00 bits per heavy atom. The van der Waals surface area contributed by atoms with Gasteiger partial charge in [0.25, 0.3) is 0 Å². The molecule has 5 radical (unpaired) electrons. The van der Waals surface area contributed by atoms with E-state index in [1.54, 1.807) is 0 Å². The van der Waals surface area contributed by atoms with Crippen LogP contribution in [0.3, 0.4) is 0 Å². The van der Waals surface area contributed by atoms with Gasteiger partial charge in [-0.05, 0) is 0 Å². The van der Waals surface area contributed by atoms with Crippen LogP contribution in [0.1, 0.15) is 0 Å². The molecule has 0 aromatic rings. The van der Waals surface area contributed by atoms with Crippen LogP contribution in [0, 0.1) is 0 Å². The van der Waals surface area contributed by atoms with Crippen LogP contribution in [-0.2, 0) is 35.6 Å². The molecule has 0 aliphatic rings. The Morgan fingerprint density at radius 3 is 1.00 bits per heavy atom. The Balaban J connectivity index is 0. The van der Waals surface area contributed by atoms with Crippen LogP contribution in [0.15, 0.2) is 0 Å². The Labute approximate surface area is 52.2 Å². The third-order valence-electron chi connectivity index (χ3n) is 0. The maximum atomic E-state index is 0. The number of rotatable bonds is 0. The second kappa shape index (κ2) is 28.1. The predicted molar refractivity (Wildman–Crippen MR) is 9.37 cm³/mol. The van der Waals surface area contributed by atoms with Crippen LogP contribution in [0.5, 0.6) is 0 Å². The summed E-state index contributed by atoms with van der Waals surface area (Å²) in [6.07, 6.45) is 0. The van der Waals surface area contributed by atoms with E-state index in [-0.39, 0.29) is 52.1 Å². The van der Waals surface area contributed by atoms with Gasteiger partial charge >= 0.3 is 0 Å². The molecule has 0 rings (SSSR count). The van der Waals surface area contributed by atoms with E-state index in [1.807, 2.05) is 0 Å². The largest absolute Gasteiger partial charge is 0.412 e. The molecule has 0 bridgehead atoms. The second-order valence-corrected chi connectivity index (χ2v) is 0. The summed E-state index contributed by atoms with van der Waals surface area (Å²) in [6.45, 7) is 0. The zero-order valence-electron chi connectivity index (χ0n) is 1.80. The van der Waals surface area contributed by atoms with E-state index in [1.165, 1.54) is 0 Å². The van der Waals surface area contributed by atoms with Gasteiger partial charge in [-0.15, -0.1) is 0 Å². The van der Waals surface area contributed by atoms with Gasteiger partial charge in [0.05, 0.1) is 0 Å². The first-order valence-corrected chi connectivity index (χ1v) is 0. The van der Waals surface area contributed by atoms with Crippen molar-refractivity contribution < 1.29 is 41.1 Å². The SMILES string of the molecule is O.[Fe].[Si].[V]. The summed E-state index contributed by atoms with van der Waals surface area (Å²) in [5.41, 5.74) is 0. The topological polar surface area (TPSA) is 31.5 Å². The van der Waals surface area contributed by atoms with Crippen molar-refractivity contribution in [3.05, 3.63) is 0 Å². The van der Waals surface area contributed by atoms with E-state index in [0.717, 1.165) is 0 Å². The average molecular weight is 153 g/mol. The maximum absolute atomic E-state index is 0. The fraction of sp³-hybridized carbons (Fsp3) is 0. The first-order valence-electron chi connectivity index (χ1n) is 0. The smallest absolute Gasteiger partial charge is 0 e. The molecule has 0 unspecified atom stereocenters. The van der Waals surface area contributed by atoms with E-state index in [4.69, 9.17) is 0 Å². The van der Waals surface area contributed by atoms with Crippen LogP contribution >= 0.6 is 0 Å². The van der Waals surface area contributed by atoms with Crippen LogP contribution < -0.4 is 0 Å². The molecule has 0 amide bonds. The quantitative estimate of drug-likeness (QED) is 0.391. The molecular weight excluding hydrogens is 151 g/mol. The molecule has 0 fully saturated rings. The zero-order valence-corrected chi connectivity index (χ0v) is 5.30. The average Bonchev–Trinajstić information content (AvgIpc) is 0. The normalized spacial score (nSPS) is 0. The minimum Gasteiger partial charge on any atom is -0.412 e. The molecular formula is H2FeOSiV. The molecule has 0 aromatic heterocycles. The fourth-order valence-corrected chi connectivity index (χ4v) is 0. The van der Waals surface area contributed by atoms with Crippen molar-refractivity contribution in [3.63, 3.8) is 0 Å². The molecule has 4 heavy (non-hydrogen) atoms.